The van der Waals surface area contributed by atoms with E-state index < -0.39 is 10.0 Å². The minimum atomic E-state index is -3.54. The Morgan fingerprint density at radius 1 is 1.32 bits per heavy atom. The highest BCUT2D eigenvalue weighted by atomic mass is 32.2. The largest absolute Gasteiger partial charge is 0.364 e. The zero-order valence-electron chi connectivity index (χ0n) is 12.3. The van der Waals surface area contributed by atoms with E-state index in [1.807, 2.05) is 0 Å². The summed E-state index contributed by atoms with van der Waals surface area (Å²) in [4.78, 5) is 6.50. The van der Waals surface area contributed by atoms with Gasteiger partial charge in [0.25, 0.3) is 0 Å². The number of rotatable bonds is 5. The molecule has 3 heterocycles. The number of aromatic nitrogens is 2. The predicted molar refractivity (Wildman–Crippen MR) is 83.2 cm³/mol. The lowest BCUT2D eigenvalue weighted by Gasteiger charge is -2.25. The van der Waals surface area contributed by atoms with Crippen LogP contribution in [0.15, 0.2) is 35.2 Å². The van der Waals surface area contributed by atoms with Crippen molar-refractivity contribution in [3.05, 3.63) is 36.4 Å². The van der Waals surface area contributed by atoms with E-state index in [4.69, 9.17) is 4.52 Å². The lowest BCUT2D eigenvalue weighted by atomic mass is 10.3. The van der Waals surface area contributed by atoms with Gasteiger partial charge in [0.2, 0.25) is 10.0 Å². The summed E-state index contributed by atoms with van der Waals surface area (Å²) in [5.41, 5.74) is 0.978. The molecule has 8 heteroatoms. The van der Waals surface area contributed by atoms with Gasteiger partial charge in [-0.1, -0.05) is 5.16 Å². The molecule has 7 nitrogen and oxygen atoms in total. The second kappa shape index (κ2) is 5.96. The molecule has 0 atom stereocenters. The molecule has 0 spiro atoms. The van der Waals surface area contributed by atoms with Gasteiger partial charge in [-0.2, -0.15) is 0 Å². The van der Waals surface area contributed by atoms with Gasteiger partial charge in [-0.15, -0.1) is 0 Å². The van der Waals surface area contributed by atoms with Crippen LogP contribution in [-0.2, 0) is 15.8 Å². The van der Waals surface area contributed by atoms with E-state index in [1.54, 1.807) is 31.4 Å². The minimum absolute atomic E-state index is 0.200. The number of hydrogen-bond acceptors (Lipinski definition) is 6. The zero-order valence-corrected chi connectivity index (χ0v) is 13.2. The molecular formula is C14H18N4O3S. The first kappa shape index (κ1) is 14.8. The molecule has 2 aromatic rings. The number of hydrogen-bond donors (Lipinski definition) is 0. The van der Waals surface area contributed by atoms with Crippen LogP contribution in [0.3, 0.4) is 0 Å². The number of pyridine rings is 1. The van der Waals surface area contributed by atoms with Crippen LogP contribution in [0, 0.1) is 0 Å². The van der Waals surface area contributed by atoms with Crippen LogP contribution in [0.25, 0.3) is 0 Å². The molecule has 0 unspecified atom stereocenters. The predicted octanol–water partition coefficient (Wildman–Crippen LogP) is 1.64. The van der Waals surface area contributed by atoms with Crippen molar-refractivity contribution in [2.45, 2.75) is 18.6 Å². The lowest BCUT2D eigenvalue weighted by Crippen LogP contribution is -2.31. The summed E-state index contributed by atoms with van der Waals surface area (Å²) in [7, 11) is -2.00. The second-order valence-electron chi connectivity index (χ2n) is 5.25. The Kier molecular flexibility index (Phi) is 4.02. The third-order valence-corrected chi connectivity index (χ3v) is 5.44. The van der Waals surface area contributed by atoms with Crippen molar-refractivity contribution in [1.82, 2.24) is 10.1 Å². The Bertz CT molecular complexity index is 724. The van der Waals surface area contributed by atoms with Crippen LogP contribution in [0.1, 0.15) is 18.5 Å². The summed E-state index contributed by atoms with van der Waals surface area (Å²) < 4.78 is 31.1. The third kappa shape index (κ3) is 2.92. The van der Waals surface area contributed by atoms with Crippen LogP contribution in [-0.4, -0.2) is 38.7 Å². The lowest BCUT2D eigenvalue weighted by molar-refractivity contribution is 0.413. The molecule has 2 aromatic heterocycles. The molecule has 0 saturated carbocycles. The number of anilines is 2. The third-order valence-electron chi connectivity index (χ3n) is 3.75. The number of nitrogens with zero attached hydrogens (tertiary/aromatic N) is 4. The van der Waals surface area contributed by atoms with Gasteiger partial charge >= 0.3 is 0 Å². The standard InChI is InChI=1S/C14H18N4O3S/c1-17(22(19,20)11-12-6-10-21-16-12)13-5-4-7-15-14(13)18-8-2-3-9-18/h4-7,10H,2-3,8-9,11H2,1H3. The maximum Gasteiger partial charge on any atom is 0.240 e. The van der Waals surface area contributed by atoms with Crippen molar-refractivity contribution >= 4 is 21.5 Å². The highest BCUT2D eigenvalue weighted by Gasteiger charge is 2.26. The Labute approximate surface area is 129 Å². The fraction of sp³-hybridized carbons (Fsp3) is 0.429. The summed E-state index contributed by atoms with van der Waals surface area (Å²) in [6.45, 7) is 1.81. The van der Waals surface area contributed by atoms with Crippen LogP contribution in [0.4, 0.5) is 11.5 Å². The van der Waals surface area contributed by atoms with Gasteiger partial charge in [0.15, 0.2) is 5.82 Å². The molecule has 118 valence electrons. The van der Waals surface area contributed by atoms with Gasteiger partial charge in [-0.25, -0.2) is 13.4 Å². The van der Waals surface area contributed by atoms with E-state index in [0.717, 1.165) is 25.9 Å². The highest BCUT2D eigenvalue weighted by molar-refractivity contribution is 7.92. The maximum atomic E-state index is 12.6. The quantitative estimate of drug-likeness (QED) is 0.832. The highest BCUT2D eigenvalue weighted by Crippen LogP contribution is 2.30. The van der Waals surface area contributed by atoms with Gasteiger partial charge in [0.05, 0.1) is 5.69 Å². The zero-order chi connectivity index (χ0) is 15.6. The van der Waals surface area contributed by atoms with Crippen LogP contribution in [0.5, 0.6) is 0 Å². The molecule has 1 aliphatic rings. The number of sulfonamides is 1. The smallest absolute Gasteiger partial charge is 0.240 e. The van der Waals surface area contributed by atoms with E-state index in [1.165, 1.54) is 10.6 Å². The molecule has 1 aliphatic heterocycles. The SMILES string of the molecule is CN(c1cccnc1N1CCCC1)S(=O)(=O)Cc1ccon1. The Morgan fingerprint density at radius 3 is 2.77 bits per heavy atom. The van der Waals surface area contributed by atoms with Crippen molar-refractivity contribution in [2.24, 2.45) is 0 Å². The van der Waals surface area contributed by atoms with Crippen LogP contribution in [0.2, 0.25) is 0 Å². The second-order valence-corrected chi connectivity index (χ2v) is 7.26. The molecule has 0 N–H and O–H groups in total. The average Bonchev–Trinajstić information content (AvgIpc) is 3.19. The molecule has 3 rings (SSSR count). The molecule has 0 amide bonds. The summed E-state index contributed by atoms with van der Waals surface area (Å²) >= 11 is 0. The van der Waals surface area contributed by atoms with E-state index in [-0.39, 0.29) is 5.75 Å². The molecular weight excluding hydrogens is 304 g/mol. The molecule has 1 fully saturated rings. The Morgan fingerprint density at radius 2 is 2.09 bits per heavy atom. The fourth-order valence-corrected chi connectivity index (χ4v) is 3.71. The normalized spacial score (nSPS) is 15.2. The first-order valence-electron chi connectivity index (χ1n) is 7.14. The van der Waals surface area contributed by atoms with Crippen LogP contribution >= 0.6 is 0 Å². The molecule has 0 radical (unpaired) electrons. The van der Waals surface area contributed by atoms with Gasteiger partial charge in [-0.05, 0) is 25.0 Å². The summed E-state index contributed by atoms with van der Waals surface area (Å²) in [6, 6.07) is 5.08. The average molecular weight is 322 g/mol. The van der Waals surface area contributed by atoms with Crippen molar-refractivity contribution < 1.29 is 12.9 Å². The van der Waals surface area contributed by atoms with E-state index >= 15 is 0 Å². The summed E-state index contributed by atoms with van der Waals surface area (Å²) in [5, 5.41) is 3.67. The van der Waals surface area contributed by atoms with Crippen molar-refractivity contribution in [3.8, 4) is 0 Å². The van der Waals surface area contributed by atoms with Crippen molar-refractivity contribution in [2.75, 3.05) is 29.3 Å². The van der Waals surface area contributed by atoms with Gasteiger partial charge < -0.3 is 9.42 Å². The Balaban J connectivity index is 1.89. The summed E-state index contributed by atoms with van der Waals surface area (Å²) in [5.74, 6) is 0.514. The van der Waals surface area contributed by atoms with Crippen molar-refractivity contribution in [1.29, 1.82) is 0 Å². The fourth-order valence-electron chi connectivity index (χ4n) is 2.55. The van der Waals surface area contributed by atoms with E-state index in [9.17, 15) is 8.42 Å². The molecule has 0 bridgehead atoms. The van der Waals surface area contributed by atoms with Crippen LogP contribution < -0.4 is 9.21 Å². The molecule has 0 aromatic carbocycles. The minimum Gasteiger partial charge on any atom is -0.364 e. The monoisotopic (exact) mass is 322 g/mol. The van der Waals surface area contributed by atoms with Crippen molar-refractivity contribution in [3.63, 3.8) is 0 Å². The Hall–Kier alpha value is -2.09. The maximum absolute atomic E-state index is 12.6. The van der Waals surface area contributed by atoms with E-state index in [0.29, 0.717) is 17.2 Å². The van der Waals surface area contributed by atoms with E-state index in [2.05, 4.69) is 15.0 Å². The molecule has 0 aliphatic carbocycles. The first-order chi connectivity index (χ1) is 10.6. The summed E-state index contributed by atoms with van der Waals surface area (Å²) in [6.07, 6.45) is 5.26. The topological polar surface area (TPSA) is 79.5 Å². The first-order valence-corrected chi connectivity index (χ1v) is 8.75. The molecule has 22 heavy (non-hydrogen) atoms. The molecule has 1 saturated heterocycles. The van der Waals surface area contributed by atoms with Gasteiger partial charge in [0.1, 0.15) is 17.7 Å². The van der Waals surface area contributed by atoms with Gasteiger partial charge in [0, 0.05) is 32.4 Å². The van der Waals surface area contributed by atoms with Gasteiger partial charge in [-0.3, -0.25) is 4.31 Å².